The Morgan fingerprint density at radius 3 is 2.27 bits per heavy atom. The molecule has 2 N–H and O–H groups in total. The first-order valence-electron chi connectivity index (χ1n) is 16.8. The number of nitrogens with zero attached hydrogens (tertiary/aromatic N) is 1. The third kappa shape index (κ3) is 3.42. The number of ketones is 1. The number of Topliss-reactive ketones (excluding diaryl/α,β-unsaturated/α-hetero) is 1. The van der Waals surface area contributed by atoms with Crippen LogP contribution in [-0.4, -0.2) is 39.1 Å². The number of allylic oxidation sites excluding steroid dienone is 4. The predicted molar refractivity (Wildman–Crippen MR) is 161 cm³/mol. The molecular formula is C37H49NO3. The van der Waals surface area contributed by atoms with Crippen LogP contribution in [0.4, 0.5) is 0 Å². The largest absolute Gasteiger partial charge is 0.393 e. The molecule has 9 rings (SSSR count). The maximum Gasteiger partial charge on any atom is 0.162 e. The molecule has 4 saturated carbocycles. The van der Waals surface area contributed by atoms with Crippen molar-refractivity contribution in [2.45, 2.75) is 116 Å². The second-order valence-electron chi connectivity index (χ2n) is 15.9. The van der Waals surface area contributed by atoms with Gasteiger partial charge in [-0.05, 0) is 86.2 Å². The molecule has 8 aliphatic rings. The molecule has 41 heavy (non-hydrogen) atoms. The predicted octanol–water partition coefficient (Wildman–Crippen LogP) is 6.74. The molecule has 1 aromatic carbocycles. The molecule has 0 aromatic heterocycles. The van der Waals surface area contributed by atoms with Gasteiger partial charge in [0, 0.05) is 47.4 Å². The number of carbonyl (C=O) groups is 1. The molecule has 7 aliphatic carbocycles. The zero-order valence-electron chi connectivity index (χ0n) is 25.2. The molecule has 4 nitrogen and oxygen atoms in total. The Balaban J connectivity index is 1.20. The minimum absolute atomic E-state index is 0.0515. The monoisotopic (exact) mass is 555 g/mol. The van der Waals surface area contributed by atoms with Gasteiger partial charge in [-0.15, -0.1) is 0 Å². The lowest BCUT2D eigenvalue weighted by Crippen LogP contribution is -2.67. The van der Waals surface area contributed by atoms with Crippen LogP contribution in [0.25, 0.3) is 0 Å². The van der Waals surface area contributed by atoms with Crippen LogP contribution in [-0.2, 0) is 17.9 Å². The number of β-amino-alcohol motifs (C(OH)–C–C–N with tert-alkyl or cyclic N) is 1. The highest BCUT2D eigenvalue weighted by Gasteiger charge is 2.74. The van der Waals surface area contributed by atoms with Gasteiger partial charge in [0.25, 0.3) is 0 Å². The molecule has 1 aliphatic heterocycles. The van der Waals surface area contributed by atoms with E-state index in [1.165, 1.54) is 17.5 Å². The number of hydrogen-bond acceptors (Lipinski definition) is 4. The lowest BCUT2D eigenvalue weighted by atomic mass is 9.32. The van der Waals surface area contributed by atoms with Crippen LogP contribution in [0.3, 0.4) is 0 Å². The van der Waals surface area contributed by atoms with E-state index >= 15 is 0 Å². The Labute approximate surface area is 246 Å². The van der Waals surface area contributed by atoms with Crippen LogP contribution in [0.15, 0.2) is 48.1 Å². The Kier molecular flexibility index (Phi) is 5.82. The van der Waals surface area contributed by atoms with Gasteiger partial charge in [0.1, 0.15) is 0 Å². The van der Waals surface area contributed by atoms with E-state index in [1.807, 2.05) is 0 Å². The molecule has 1 heterocycles. The fourth-order valence-electron chi connectivity index (χ4n) is 12.1. The standard InChI is InChI=1S/C37H49NO3/c1-33-15-12-28(39)20-35(33)18-19-37(29(21-35)32(40)25-8-4-3-5-9-25)30(33)13-16-34(2)31(37)14-17-36(34,41)24-38-22-26-10-6-7-11-27(26)23-38/h6-7,10-11,18-19,21,25,28,30-31,39,41H,3-5,8-9,12-17,20,22-24H2,1-2H3/t28?,30-,31-,33-,34+,35+,36-,37-/m1/s1. The summed E-state index contributed by atoms with van der Waals surface area (Å²) in [6, 6.07) is 8.73. The normalized spacial score (nSPS) is 46.9. The van der Waals surface area contributed by atoms with Gasteiger partial charge in [0.2, 0.25) is 0 Å². The molecule has 1 aromatic rings. The summed E-state index contributed by atoms with van der Waals surface area (Å²) in [6.07, 6.45) is 19.2. The number of aliphatic hydroxyl groups excluding tert-OH is 1. The van der Waals surface area contributed by atoms with Crippen LogP contribution >= 0.6 is 0 Å². The van der Waals surface area contributed by atoms with E-state index in [4.69, 9.17) is 0 Å². The van der Waals surface area contributed by atoms with Crippen LogP contribution in [0.1, 0.15) is 102 Å². The fourth-order valence-corrected chi connectivity index (χ4v) is 12.1. The van der Waals surface area contributed by atoms with E-state index < -0.39 is 5.60 Å². The maximum absolute atomic E-state index is 14.7. The molecular weight excluding hydrogens is 506 g/mol. The van der Waals surface area contributed by atoms with Crippen molar-refractivity contribution in [1.29, 1.82) is 0 Å². The lowest BCUT2D eigenvalue weighted by Gasteiger charge is -2.71. The van der Waals surface area contributed by atoms with Gasteiger partial charge in [0.05, 0.1) is 11.7 Å². The Morgan fingerprint density at radius 2 is 1.54 bits per heavy atom. The zero-order valence-corrected chi connectivity index (χ0v) is 25.2. The second-order valence-corrected chi connectivity index (χ2v) is 15.9. The topological polar surface area (TPSA) is 60.8 Å². The summed E-state index contributed by atoms with van der Waals surface area (Å²) < 4.78 is 0. The van der Waals surface area contributed by atoms with Gasteiger partial charge in [-0.2, -0.15) is 0 Å². The third-order valence-corrected chi connectivity index (χ3v) is 14.3. The molecule has 2 bridgehead atoms. The van der Waals surface area contributed by atoms with Gasteiger partial charge in [-0.1, -0.05) is 75.6 Å². The van der Waals surface area contributed by atoms with Crippen molar-refractivity contribution in [2.24, 2.45) is 39.4 Å². The SMILES string of the molecule is C[C@]12CC[C@H]3[C@]4(C=C[C@@]5(C=C4C(=O)C4CCCCC4)CC(O)CC[C@]35C)[C@@H]1CC[C@@]2(O)CN1Cc2ccccc2C1. The van der Waals surface area contributed by atoms with Crippen molar-refractivity contribution in [1.82, 2.24) is 4.90 Å². The van der Waals surface area contributed by atoms with E-state index in [2.05, 4.69) is 61.2 Å². The van der Waals surface area contributed by atoms with Crippen molar-refractivity contribution in [3.05, 3.63) is 59.2 Å². The summed E-state index contributed by atoms with van der Waals surface area (Å²) in [5.74, 6) is 1.22. The van der Waals surface area contributed by atoms with Crippen molar-refractivity contribution in [3.8, 4) is 0 Å². The van der Waals surface area contributed by atoms with Crippen LogP contribution in [0, 0.1) is 39.4 Å². The minimum Gasteiger partial charge on any atom is -0.393 e. The molecule has 4 fully saturated rings. The number of fused-ring (bicyclic) bond motifs is 2. The first-order valence-corrected chi connectivity index (χ1v) is 16.8. The number of aliphatic hydroxyl groups is 2. The van der Waals surface area contributed by atoms with Crippen molar-refractivity contribution in [2.75, 3.05) is 6.54 Å². The second kappa shape index (κ2) is 8.89. The van der Waals surface area contributed by atoms with E-state index in [0.29, 0.717) is 18.2 Å². The van der Waals surface area contributed by atoms with Crippen molar-refractivity contribution >= 4 is 5.78 Å². The quantitative estimate of drug-likeness (QED) is 0.404. The highest BCUT2D eigenvalue weighted by molar-refractivity contribution is 6.00. The molecule has 8 atom stereocenters. The van der Waals surface area contributed by atoms with Crippen LogP contribution in [0.2, 0.25) is 0 Å². The number of hydrogen-bond donors (Lipinski definition) is 2. The van der Waals surface area contributed by atoms with Crippen molar-refractivity contribution < 1.29 is 15.0 Å². The molecule has 2 spiro atoms. The average molecular weight is 556 g/mol. The van der Waals surface area contributed by atoms with E-state index in [0.717, 1.165) is 89.3 Å². The average Bonchev–Trinajstić information content (AvgIpc) is 3.50. The Morgan fingerprint density at radius 1 is 0.878 bits per heavy atom. The zero-order chi connectivity index (χ0) is 28.3. The number of carbonyl (C=O) groups excluding carboxylic acids is 1. The Bertz CT molecular complexity index is 1300. The molecule has 0 radical (unpaired) electrons. The summed E-state index contributed by atoms with van der Waals surface area (Å²) >= 11 is 0. The lowest BCUT2D eigenvalue weighted by molar-refractivity contribution is -0.180. The van der Waals surface area contributed by atoms with E-state index in [-0.39, 0.29) is 39.6 Å². The summed E-state index contributed by atoms with van der Waals surface area (Å²) in [6.45, 7) is 7.43. The fraction of sp³-hybridized carbons (Fsp3) is 0.703. The molecule has 1 unspecified atom stereocenters. The molecule has 0 amide bonds. The smallest absolute Gasteiger partial charge is 0.162 e. The van der Waals surface area contributed by atoms with Crippen LogP contribution < -0.4 is 0 Å². The highest BCUT2D eigenvalue weighted by atomic mass is 16.3. The minimum atomic E-state index is -0.762. The Hall–Kier alpha value is -1.75. The van der Waals surface area contributed by atoms with Gasteiger partial charge in [-0.3, -0.25) is 9.69 Å². The number of benzene rings is 1. The summed E-state index contributed by atoms with van der Waals surface area (Å²) in [7, 11) is 0. The van der Waals surface area contributed by atoms with Gasteiger partial charge < -0.3 is 10.2 Å². The van der Waals surface area contributed by atoms with Gasteiger partial charge in [-0.25, -0.2) is 0 Å². The van der Waals surface area contributed by atoms with Crippen molar-refractivity contribution in [3.63, 3.8) is 0 Å². The summed E-state index contributed by atoms with van der Waals surface area (Å²) in [4.78, 5) is 17.1. The first-order chi connectivity index (χ1) is 19.6. The number of rotatable bonds is 4. The molecule has 220 valence electrons. The molecule has 4 heteroatoms. The first kappa shape index (κ1) is 26.8. The van der Waals surface area contributed by atoms with Crippen LogP contribution in [0.5, 0.6) is 0 Å². The van der Waals surface area contributed by atoms with E-state index in [1.54, 1.807) is 0 Å². The van der Waals surface area contributed by atoms with Gasteiger partial charge in [0.15, 0.2) is 5.78 Å². The van der Waals surface area contributed by atoms with Gasteiger partial charge >= 0.3 is 0 Å². The summed E-state index contributed by atoms with van der Waals surface area (Å²) in [5.41, 5.74) is 2.42. The van der Waals surface area contributed by atoms with E-state index in [9.17, 15) is 15.0 Å². The third-order valence-electron chi connectivity index (χ3n) is 14.3. The highest BCUT2D eigenvalue weighted by Crippen LogP contribution is 2.78. The maximum atomic E-state index is 14.7. The molecule has 0 saturated heterocycles. The summed E-state index contributed by atoms with van der Waals surface area (Å²) in [5, 5.41) is 23.6.